The van der Waals surface area contributed by atoms with Crippen LogP contribution in [0.4, 0.5) is 0 Å². The van der Waals surface area contributed by atoms with Crippen molar-refractivity contribution in [3.8, 4) is 0 Å². The number of carbonyl (C=O) groups excluding carboxylic acids is 1. The second kappa shape index (κ2) is 18.5. The second-order valence-corrected chi connectivity index (χ2v) is 15.8. The summed E-state index contributed by atoms with van der Waals surface area (Å²) in [6, 6.07) is 0. The molecule has 22 nitrogen and oxygen atoms in total. The predicted molar refractivity (Wildman–Crippen MR) is 177 cm³/mol. The van der Waals surface area contributed by atoms with Crippen molar-refractivity contribution in [2.45, 2.75) is 174 Å². The largest absolute Gasteiger partial charge is 0.463 e. The average molecular weight is 818 g/mol. The quantitative estimate of drug-likeness (QED) is 0.0719. The van der Waals surface area contributed by atoms with Crippen molar-refractivity contribution in [1.82, 2.24) is 0 Å². The van der Waals surface area contributed by atoms with E-state index >= 15 is 0 Å². The molecule has 0 aromatic heterocycles. The SMILES string of the molecule is CC(=O)OC[C@H]1O[C@@H](OC2CC(O)CC3[OH+]C(C4CC(O)C(O)C(O)C4)C(O[C@@H]4O[C@H](CO)[C@H](O)[C@H](O)[C@H]4O[C@@H]4OC[C@@H](O)[C@H](O)[C@H]4O)CC23)[C@H](O)[C@@H](O)[C@@H]1O. The maximum absolute atomic E-state index is 11.4. The van der Waals surface area contributed by atoms with Crippen molar-refractivity contribution < 1.29 is 109 Å². The highest BCUT2D eigenvalue weighted by atomic mass is 16.8. The number of esters is 1. The minimum atomic E-state index is -1.83. The predicted octanol–water partition coefficient (Wildman–Crippen LogP) is -7.68. The zero-order valence-corrected chi connectivity index (χ0v) is 30.5. The van der Waals surface area contributed by atoms with Crippen molar-refractivity contribution in [2.75, 3.05) is 19.8 Å². The van der Waals surface area contributed by atoms with Crippen LogP contribution >= 0.6 is 0 Å². The molecule has 0 spiro atoms. The second-order valence-electron chi connectivity index (χ2n) is 15.8. The zero-order chi connectivity index (χ0) is 40.7. The molecule has 0 aromatic carbocycles. The third-order valence-electron chi connectivity index (χ3n) is 11.9. The van der Waals surface area contributed by atoms with E-state index in [0.717, 1.165) is 6.92 Å². The van der Waals surface area contributed by atoms with Crippen LogP contribution in [-0.2, 0) is 38.0 Å². The fourth-order valence-corrected chi connectivity index (χ4v) is 8.77. The summed E-state index contributed by atoms with van der Waals surface area (Å²) < 4.78 is 45.5. The highest BCUT2D eigenvalue weighted by Crippen LogP contribution is 2.44. The Morgan fingerprint density at radius 3 is 1.91 bits per heavy atom. The summed E-state index contributed by atoms with van der Waals surface area (Å²) in [7, 11) is 0. The van der Waals surface area contributed by atoms with Crippen molar-refractivity contribution in [1.29, 1.82) is 0 Å². The Morgan fingerprint density at radius 1 is 0.625 bits per heavy atom. The van der Waals surface area contributed by atoms with Gasteiger partial charge in [0.25, 0.3) is 0 Å². The molecule has 2 saturated carbocycles. The van der Waals surface area contributed by atoms with Crippen LogP contribution in [0.5, 0.6) is 0 Å². The van der Waals surface area contributed by atoms with Crippen molar-refractivity contribution in [3.05, 3.63) is 0 Å². The first-order valence-electron chi connectivity index (χ1n) is 19.0. The smallest absolute Gasteiger partial charge is 0.302 e. The highest BCUT2D eigenvalue weighted by molar-refractivity contribution is 5.65. The lowest BCUT2D eigenvalue weighted by Gasteiger charge is -2.51. The van der Waals surface area contributed by atoms with Gasteiger partial charge in [-0.25, -0.2) is 0 Å². The first kappa shape index (κ1) is 44.2. The van der Waals surface area contributed by atoms with E-state index in [0.29, 0.717) is 0 Å². The van der Waals surface area contributed by atoms with Gasteiger partial charge in [0.2, 0.25) is 0 Å². The molecule has 22 heteroatoms. The third-order valence-corrected chi connectivity index (χ3v) is 11.9. The molecule has 6 aliphatic rings. The molecule has 56 heavy (non-hydrogen) atoms. The first-order valence-corrected chi connectivity index (χ1v) is 19.0. The molecule has 324 valence electrons. The van der Waals surface area contributed by atoms with Gasteiger partial charge in [0, 0.05) is 25.7 Å². The van der Waals surface area contributed by atoms with Crippen LogP contribution in [0.1, 0.15) is 39.0 Å². The minimum absolute atomic E-state index is 0.0186. The van der Waals surface area contributed by atoms with E-state index in [2.05, 4.69) is 0 Å². The molecule has 14 N–H and O–H groups in total. The topological polar surface area (TPSA) is 357 Å². The molecule has 4 aliphatic heterocycles. The molecular weight excluding hydrogens is 760 g/mol. The Bertz CT molecular complexity index is 1270. The molecule has 4 heterocycles. The molecule has 0 bridgehead atoms. The highest BCUT2D eigenvalue weighted by Gasteiger charge is 2.58. The van der Waals surface area contributed by atoms with Gasteiger partial charge in [-0.15, -0.1) is 0 Å². The molecule has 0 radical (unpaired) electrons. The first-order chi connectivity index (χ1) is 26.5. The molecule has 8 unspecified atom stereocenters. The van der Waals surface area contributed by atoms with Gasteiger partial charge in [0.1, 0.15) is 86.0 Å². The summed E-state index contributed by atoms with van der Waals surface area (Å²) in [5, 5.41) is 137. The van der Waals surface area contributed by atoms with E-state index in [-0.39, 0.29) is 32.1 Å². The maximum atomic E-state index is 11.4. The minimum Gasteiger partial charge on any atom is -0.463 e. The summed E-state index contributed by atoms with van der Waals surface area (Å²) >= 11 is 0. The van der Waals surface area contributed by atoms with E-state index in [1.165, 1.54) is 0 Å². The van der Waals surface area contributed by atoms with Gasteiger partial charge in [-0.05, 0) is 19.3 Å². The van der Waals surface area contributed by atoms with E-state index in [1.807, 2.05) is 0 Å². The van der Waals surface area contributed by atoms with E-state index in [1.54, 1.807) is 0 Å². The van der Waals surface area contributed by atoms with Crippen molar-refractivity contribution in [2.24, 2.45) is 11.8 Å². The van der Waals surface area contributed by atoms with Crippen LogP contribution in [0.15, 0.2) is 0 Å². The molecule has 0 aromatic rings. The molecule has 4 saturated heterocycles. The number of aliphatic hydroxyl groups is 15. The number of rotatable bonds is 10. The van der Waals surface area contributed by atoms with Gasteiger partial charge < -0.3 is 104 Å². The van der Waals surface area contributed by atoms with Crippen molar-refractivity contribution >= 4 is 5.97 Å². The number of carbonyl (C=O) groups is 1. The van der Waals surface area contributed by atoms with Crippen LogP contribution in [-0.4, -0.2) is 232 Å². The van der Waals surface area contributed by atoms with Gasteiger partial charge >= 0.3 is 5.97 Å². The van der Waals surface area contributed by atoms with Crippen LogP contribution in [0.25, 0.3) is 0 Å². The summed E-state index contributed by atoms with van der Waals surface area (Å²) in [6.45, 7) is -0.576. The Morgan fingerprint density at radius 2 is 1.25 bits per heavy atom. The number of fused-ring (bicyclic) bond motifs is 1. The molecular formula is C34H57O22+. The van der Waals surface area contributed by atoms with Gasteiger partial charge in [0.05, 0.1) is 43.5 Å². The normalized spacial score (nSPS) is 52.9. The lowest BCUT2D eigenvalue weighted by Crippen LogP contribution is -2.66. The van der Waals surface area contributed by atoms with Gasteiger partial charge in [-0.2, -0.15) is 0 Å². The van der Waals surface area contributed by atoms with E-state index in [9.17, 15) is 71.2 Å². The summed E-state index contributed by atoms with van der Waals surface area (Å²) in [6.07, 6.45) is -31.6. The summed E-state index contributed by atoms with van der Waals surface area (Å²) in [5.74, 6) is -1.96. The number of aliphatic hydroxyl groups excluding tert-OH is 13. The van der Waals surface area contributed by atoms with Gasteiger partial charge in [-0.3, -0.25) is 4.79 Å². The Kier molecular flexibility index (Phi) is 14.6. The van der Waals surface area contributed by atoms with Crippen LogP contribution in [0.2, 0.25) is 0 Å². The summed E-state index contributed by atoms with van der Waals surface area (Å²) in [4.78, 5) is 11.4. The Labute approximate surface area is 320 Å². The lowest BCUT2D eigenvalue weighted by molar-refractivity contribution is -0.385. The monoisotopic (exact) mass is 817 g/mol. The molecule has 6 fully saturated rings. The van der Waals surface area contributed by atoms with Crippen LogP contribution < -0.4 is 0 Å². The average Bonchev–Trinajstić information content (AvgIpc) is 3.15. The number of ether oxygens (including phenoxy) is 8. The molecule has 6 rings (SSSR count). The van der Waals surface area contributed by atoms with Gasteiger partial charge in [-0.1, -0.05) is 0 Å². The van der Waals surface area contributed by atoms with Gasteiger partial charge in [0.15, 0.2) is 31.1 Å². The molecule has 0 amide bonds. The van der Waals surface area contributed by atoms with Crippen LogP contribution in [0, 0.1) is 11.8 Å². The summed E-state index contributed by atoms with van der Waals surface area (Å²) in [5.41, 5.74) is 0. The zero-order valence-electron chi connectivity index (χ0n) is 30.5. The fraction of sp³-hybridized carbons (Fsp3) is 0.971. The Balaban J connectivity index is 1.28. The molecule has 22 atom stereocenters. The van der Waals surface area contributed by atoms with E-state index < -0.39 is 172 Å². The molecule has 2 aliphatic carbocycles. The third kappa shape index (κ3) is 9.34. The lowest BCUT2D eigenvalue weighted by atomic mass is 9.72. The van der Waals surface area contributed by atoms with E-state index in [4.69, 9.17) is 37.9 Å². The van der Waals surface area contributed by atoms with Crippen LogP contribution in [0.3, 0.4) is 0 Å². The van der Waals surface area contributed by atoms with Crippen molar-refractivity contribution in [3.63, 3.8) is 0 Å². The Hall–Kier alpha value is -1.33. The standard InChI is InChI=1S/C34H56O22/c1-10(36)49-9-21-25(44)26(45)29(48)33(55-21)52-18-5-12(37)4-17-13(18)6-19(30(51-17)11-2-14(38)22(41)15(39)3-11)53-34-31(27(46)24(43)20(7-35)54-34)56-32-28(47)23(42)16(40)8-50-32/h11-35,37-48H,2-9H2,1H3/p+1/t11?,12?,13?,14?,15?,16-,17?,18?,19?,20-,21-,22?,23+,24+,25-,26+,27+,28-,29-,30?,31-,32+,33-,34-/m1/s1. The fourth-order valence-electron chi connectivity index (χ4n) is 8.77. The number of hydrogen-bond acceptors (Lipinski definition) is 21. The number of hydrogen-bond donors (Lipinski definition) is 13. The maximum Gasteiger partial charge on any atom is 0.302 e.